The van der Waals surface area contributed by atoms with Gasteiger partial charge in [-0.15, -0.1) is 0 Å². The van der Waals surface area contributed by atoms with Gasteiger partial charge in [0.2, 0.25) is 17.7 Å². The fourth-order valence-electron chi connectivity index (χ4n) is 4.36. The first-order valence-corrected chi connectivity index (χ1v) is 8.06. The molecule has 4 aliphatic rings. The van der Waals surface area contributed by atoms with Gasteiger partial charge in [0.25, 0.3) is 0 Å². The first-order chi connectivity index (χ1) is 10.7. The summed E-state index contributed by atoms with van der Waals surface area (Å²) >= 11 is 0. The SMILES string of the molecule is O=C(CCN1C(=O)[C@@H]2[C@@H](C1=O)[C@@H]1C=C[C@@H]2C1)N1CCOCC1. The smallest absolute Gasteiger partial charge is 0.233 e. The lowest BCUT2D eigenvalue weighted by Crippen LogP contribution is -2.43. The van der Waals surface area contributed by atoms with E-state index in [1.54, 1.807) is 4.90 Å². The summed E-state index contributed by atoms with van der Waals surface area (Å²) in [5.74, 6) is -0.00919. The molecular formula is C16H20N2O4. The van der Waals surface area contributed by atoms with E-state index in [0.717, 1.165) is 6.42 Å². The number of ether oxygens (including phenoxy) is 1. The van der Waals surface area contributed by atoms with Crippen LogP contribution in [0.15, 0.2) is 12.2 Å². The number of rotatable bonds is 3. The molecule has 2 aliphatic carbocycles. The molecular weight excluding hydrogens is 284 g/mol. The zero-order chi connectivity index (χ0) is 15.3. The molecule has 1 saturated carbocycles. The Kier molecular flexibility index (Phi) is 3.29. The van der Waals surface area contributed by atoms with Gasteiger partial charge in [-0.1, -0.05) is 12.2 Å². The minimum Gasteiger partial charge on any atom is -0.378 e. The average molecular weight is 304 g/mol. The Hall–Kier alpha value is -1.69. The summed E-state index contributed by atoms with van der Waals surface area (Å²) in [5.41, 5.74) is 0. The van der Waals surface area contributed by atoms with E-state index < -0.39 is 0 Å². The molecule has 0 aromatic carbocycles. The summed E-state index contributed by atoms with van der Waals surface area (Å²) in [7, 11) is 0. The van der Waals surface area contributed by atoms with Gasteiger partial charge in [0.15, 0.2) is 0 Å². The second-order valence-corrected chi connectivity index (χ2v) is 6.57. The van der Waals surface area contributed by atoms with Gasteiger partial charge in [-0.25, -0.2) is 0 Å². The monoisotopic (exact) mass is 304 g/mol. The number of carbonyl (C=O) groups excluding carboxylic acids is 3. The van der Waals surface area contributed by atoms with Gasteiger partial charge in [0.1, 0.15) is 0 Å². The van der Waals surface area contributed by atoms with Crippen LogP contribution >= 0.6 is 0 Å². The molecule has 0 unspecified atom stereocenters. The van der Waals surface area contributed by atoms with Crippen LogP contribution in [0.3, 0.4) is 0 Å². The number of allylic oxidation sites excluding steroid dienone is 2. The third-order valence-electron chi connectivity index (χ3n) is 5.47. The molecule has 22 heavy (non-hydrogen) atoms. The van der Waals surface area contributed by atoms with Crippen molar-refractivity contribution in [3.63, 3.8) is 0 Å². The topological polar surface area (TPSA) is 66.9 Å². The lowest BCUT2D eigenvalue weighted by molar-refractivity contribution is -0.142. The predicted octanol–water partition coefficient (Wildman–Crippen LogP) is 0.0424. The van der Waals surface area contributed by atoms with E-state index in [1.807, 2.05) is 0 Å². The van der Waals surface area contributed by atoms with Crippen molar-refractivity contribution in [1.29, 1.82) is 0 Å². The summed E-state index contributed by atoms with van der Waals surface area (Å²) < 4.78 is 5.22. The molecule has 2 aliphatic heterocycles. The summed E-state index contributed by atoms with van der Waals surface area (Å²) in [6.45, 7) is 2.54. The maximum absolute atomic E-state index is 12.5. The molecule has 6 heteroatoms. The predicted molar refractivity (Wildman–Crippen MR) is 76.5 cm³/mol. The van der Waals surface area contributed by atoms with E-state index in [1.165, 1.54) is 4.90 Å². The molecule has 0 N–H and O–H groups in total. The Labute approximate surface area is 129 Å². The number of likely N-dealkylation sites (tertiary alicyclic amines) is 1. The molecule has 3 amide bonds. The molecule has 0 spiro atoms. The lowest BCUT2D eigenvalue weighted by atomic mass is 9.85. The van der Waals surface area contributed by atoms with Gasteiger partial charge in [-0.2, -0.15) is 0 Å². The fraction of sp³-hybridized carbons (Fsp3) is 0.688. The quantitative estimate of drug-likeness (QED) is 0.545. The highest BCUT2D eigenvalue weighted by atomic mass is 16.5. The molecule has 4 rings (SSSR count). The fourth-order valence-corrected chi connectivity index (χ4v) is 4.36. The van der Waals surface area contributed by atoms with Gasteiger partial charge in [-0.3, -0.25) is 19.3 Å². The zero-order valence-corrected chi connectivity index (χ0v) is 12.4. The molecule has 118 valence electrons. The summed E-state index contributed by atoms with van der Waals surface area (Å²) in [6.07, 6.45) is 5.33. The molecule has 4 atom stereocenters. The van der Waals surface area contributed by atoms with Crippen LogP contribution in [0.25, 0.3) is 0 Å². The number of hydrogen-bond donors (Lipinski definition) is 0. The van der Waals surface area contributed by atoms with Crippen LogP contribution in [-0.2, 0) is 19.1 Å². The van der Waals surface area contributed by atoms with Crippen molar-refractivity contribution in [3.05, 3.63) is 12.2 Å². The van der Waals surface area contributed by atoms with E-state index in [-0.39, 0.29) is 54.4 Å². The minimum absolute atomic E-state index is 0.00190. The van der Waals surface area contributed by atoms with Gasteiger partial charge in [-0.05, 0) is 18.3 Å². The number of carbonyl (C=O) groups is 3. The molecule has 6 nitrogen and oxygen atoms in total. The van der Waals surface area contributed by atoms with E-state index in [9.17, 15) is 14.4 Å². The van der Waals surface area contributed by atoms with Crippen LogP contribution in [0, 0.1) is 23.7 Å². The molecule has 2 saturated heterocycles. The van der Waals surface area contributed by atoms with Crippen molar-refractivity contribution < 1.29 is 19.1 Å². The van der Waals surface area contributed by atoms with E-state index in [4.69, 9.17) is 4.74 Å². The van der Waals surface area contributed by atoms with Crippen LogP contribution in [0.1, 0.15) is 12.8 Å². The normalized spacial score (nSPS) is 36.4. The van der Waals surface area contributed by atoms with E-state index >= 15 is 0 Å². The second kappa shape index (κ2) is 5.19. The van der Waals surface area contributed by atoms with Crippen molar-refractivity contribution in [2.45, 2.75) is 12.8 Å². The summed E-state index contributed by atoms with van der Waals surface area (Å²) in [5, 5.41) is 0. The molecule has 0 aromatic heterocycles. The highest BCUT2D eigenvalue weighted by molar-refractivity contribution is 6.06. The van der Waals surface area contributed by atoms with E-state index in [2.05, 4.69) is 12.2 Å². The number of hydrogen-bond acceptors (Lipinski definition) is 4. The summed E-state index contributed by atoms with van der Waals surface area (Å²) in [6, 6.07) is 0. The third kappa shape index (κ3) is 2.00. The maximum atomic E-state index is 12.5. The molecule has 2 bridgehead atoms. The Bertz CT molecular complexity index is 522. The van der Waals surface area contributed by atoms with Crippen LogP contribution in [0.2, 0.25) is 0 Å². The van der Waals surface area contributed by atoms with Gasteiger partial charge < -0.3 is 9.64 Å². The van der Waals surface area contributed by atoms with Gasteiger partial charge in [0, 0.05) is 26.1 Å². The van der Waals surface area contributed by atoms with Crippen LogP contribution < -0.4 is 0 Å². The average Bonchev–Trinajstić information content (AvgIpc) is 3.21. The zero-order valence-electron chi connectivity index (χ0n) is 12.4. The number of morpholine rings is 1. The van der Waals surface area contributed by atoms with Crippen LogP contribution in [-0.4, -0.2) is 60.4 Å². The minimum atomic E-state index is -0.166. The maximum Gasteiger partial charge on any atom is 0.233 e. The third-order valence-corrected chi connectivity index (χ3v) is 5.47. The second-order valence-electron chi connectivity index (χ2n) is 6.57. The Morgan fingerprint density at radius 3 is 2.27 bits per heavy atom. The molecule has 0 aromatic rings. The van der Waals surface area contributed by atoms with Gasteiger partial charge in [0.05, 0.1) is 25.0 Å². The summed E-state index contributed by atoms with van der Waals surface area (Å²) in [4.78, 5) is 40.3. The number of fused-ring (bicyclic) bond motifs is 5. The van der Waals surface area contributed by atoms with Crippen molar-refractivity contribution in [2.75, 3.05) is 32.8 Å². The van der Waals surface area contributed by atoms with E-state index in [0.29, 0.717) is 26.3 Å². The van der Waals surface area contributed by atoms with Crippen molar-refractivity contribution in [1.82, 2.24) is 9.80 Å². The highest BCUT2D eigenvalue weighted by Crippen LogP contribution is 2.52. The Morgan fingerprint density at radius 2 is 1.68 bits per heavy atom. The highest BCUT2D eigenvalue weighted by Gasteiger charge is 2.59. The number of imide groups is 1. The largest absolute Gasteiger partial charge is 0.378 e. The van der Waals surface area contributed by atoms with Crippen LogP contribution in [0.5, 0.6) is 0 Å². The standard InChI is InChI=1S/C16H20N2O4/c19-12(17-5-7-22-8-6-17)3-4-18-15(20)13-10-1-2-11(9-10)14(13)16(18)21/h1-2,10-11,13-14H,3-9H2/t10-,11-,13+,14+/m1/s1. The van der Waals surface area contributed by atoms with Crippen LogP contribution in [0.4, 0.5) is 0 Å². The lowest BCUT2D eigenvalue weighted by Gasteiger charge is -2.27. The van der Waals surface area contributed by atoms with Crippen molar-refractivity contribution in [3.8, 4) is 0 Å². The molecule has 3 fully saturated rings. The van der Waals surface area contributed by atoms with Gasteiger partial charge >= 0.3 is 0 Å². The van der Waals surface area contributed by atoms with Crippen molar-refractivity contribution >= 4 is 17.7 Å². The number of amides is 3. The first-order valence-electron chi connectivity index (χ1n) is 8.06. The Balaban J connectivity index is 1.39. The Morgan fingerprint density at radius 1 is 1.09 bits per heavy atom. The first kappa shape index (κ1) is 13.9. The molecule has 2 heterocycles. The van der Waals surface area contributed by atoms with Crippen molar-refractivity contribution in [2.24, 2.45) is 23.7 Å². The number of nitrogens with zero attached hydrogens (tertiary/aromatic N) is 2. The molecule has 0 radical (unpaired) electrons.